The van der Waals surface area contributed by atoms with Gasteiger partial charge in [0.25, 0.3) is 5.91 Å². The van der Waals surface area contributed by atoms with Crippen LogP contribution in [0.15, 0.2) is 52.0 Å². The Balaban J connectivity index is 2.01. The number of furan rings is 1. The standard InChI is InChI=1S/C14H15N3O4S2/c1-17(2)23(19,20)11-7-5-10(6-8-11)15-14(22)16-13(18)12-4-3-9-21-12/h3-9H,1-2H3,(H2,15,16,18,22). The fourth-order valence-electron chi connectivity index (χ4n) is 1.66. The van der Waals surface area contributed by atoms with E-state index in [4.69, 9.17) is 16.6 Å². The lowest BCUT2D eigenvalue weighted by Crippen LogP contribution is -2.33. The molecule has 2 rings (SSSR count). The van der Waals surface area contributed by atoms with E-state index in [-0.39, 0.29) is 15.8 Å². The van der Waals surface area contributed by atoms with Crippen molar-refractivity contribution in [1.29, 1.82) is 0 Å². The Morgan fingerprint density at radius 1 is 1.17 bits per heavy atom. The molecule has 1 amide bonds. The van der Waals surface area contributed by atoms with Crippen LogP contribution in [-0.2, 0) is 10.0 Å². The fourth-order valence-corrected chi connectivity index (χ4v) is 2.77. The third kappa shape index (κ3) is 4.15. The van der Waals surface area contributed by atoms with E-state index in [1.165, 1.54) is 38.6 Å². The summed E-state index contributed by atoms with van der Waals surface area (Å²) in [6.45, 7) is 0. The van der Waals surface area contributed by atoms with Gasteiger partial charge in [0.2, 0.25) is 10.0 Å². The van der Waals surface area contributed by atoms with Crippen molar-refractivity contribution in [2.75, 3.05) is 19.4 Å². The first kappa shape index (κ1) is 17.1. The number of rotatable bonds is 4. The monoisotopic (exact) mass is 353 g/mol. The van der Waals surface area contributed by atoms with Crippen LogP contribution in [-0.4, -0.2) is 37.8 Å². The van der Waals surface area contributed by atoms with E-state index < -0.39 is 15.9 Å². The summed E-state index contributed by atoms with van der Waals surface area (Å²) in [7, 11) is -0.562. The Labute approximate surface area is 139 Å². The number of nitrogens with zero attached hydrogens (tertiary/aromatic N) is 1. The van der Waals surface area contributed by atoms with Gasteiger partial charge < -0.3 is 9.73 Å². The van der Waals surface area contributed by atoms with Gasteiger partial charge in [-0.15, -0.1) is 0 Å². The van der Waals surface area contributed by atoms with Crippen LogP contribution < -0.4 is 10.6 Å². The summed E-state index contributed by atoms with van der Waals surface area (Å²) in [4.78, 5) is 11.9. The summed E-state index contributed by atoms with van der Waals surface area (Å²) in [5.74, 6) is -0.333. The van der Waals surface area contributed by atoms with Crippen LogP contribution in [0.25, 0.3) is 0 Å². The second kappa shape index (κ2) is 6.90. The molecule has 2 aromatic rings. The Bertz CT molecular complexity index is 797. The van der Waals surface area contributed by atoms with Crippen LogP contribution in [0.4, 0.5) is 5.69 Å². The summed E-state index contributed by atoms with van der Waals surface area (Å²) >= 11 is 5.02. The highest BCUT2D eigenvalue weighted by Crippen LogP contribution is 2.16. The molecule has 7 nitrogen and oxygen atoms in total. The van der Waals surface area contributed by atoms with Crippen molar-refractivity contribution in [1.82, 2.24) is 9.62 Å². The molecule has 122 valence electrons. The van der Waals surface area contributed by atoms with Crippen LogP contribution >= 0.6 is 12.2 Å². The molecule has 1 aromatic heterocycles. The van der Waals surface area contributed by atoms with E-state index in [9.17, 15) is 13.2 Å². The number of benzene rings is 1. The van der Waals surface area contributed by atoms with Crippen molar-refractivity contribution in [3.05, 3.63) is 48.4 Å². The number of anilines is 1. The van der Waals surface area contributed by atoms with E-state index in [1.54, 1.807) is 18.2 Å². The summed E-state index contributed by atoms with van der Waals surface area (Å²) in [6.07, 6.45) is 1.38. The predicted molar refractivity (Wildman–Crippen MR) is 89.7 cm³/mol. The van der Waals surface area contributed by atoms with Gasteiger partial charge in [0.05, 0.1) is 11.2 Å². The van der Waals surface area contributed by atoms with Gasteiger partial charge >= 0.3 is 0 Å². The topological polar surface area (TPSA) is 91.7 Å². The summed E-state index contributed by atoms with van der Waals surface area (Å²) in [5, 5.41) is 5.33. The minimum atomic E-state index is -3.48. The molecule has 9 heteroatoms. The first-order valence-corrected chi connectivity index (χ1v) is 8.34. The molecule has 1 aromatic carbocycles. The first-order chi connectivity index (χ1) is 10.8. The Morgan fingerprint density at radius 3 is 2.35 bits per heavy atom. The van der Waals surface area contributed by atoms with Crippen molar-refractivity contribution in [3.8, 4) is 0 Å². The highest BCUT2D eigenvalue weighted by Gasteiger charge is 2.16. The largest absolute Gasteiger partial charge is 0.459 e. The predicted octanol–water partition coefficient (Wildman–Crippen LogP) is 1.66. The molecule has 0 spiro atoms. The van der Waals surface area contributed by atoms with Crippen LogP contribution in [0.5, 0.6) is 0 Å². The van der Waals surface area contributed by atoms with Gasteiger partial charge in [-0.25, -0.2) is 12.7 Å². The number of carbonyl (C=O) groups excluding carboxylic acids is 1. The molecule has 0 bridgehead atoms. The van der Waals surface area contributed by atoms with Crippen LogP contribution in [0, 0.1) is 0 Å². The van der Waals surface area contributed by atoms with Crippen molar-refractivity contribution in [3.63, 3.8) is 0 Å². The fraction of sp³-hybridized carbons (Fsp3) is 0.143. The van der Waals surface area contributed by atoms with Crippen molar-refractivity contribution in [2.45, 2.75) is 4.90 Å². The molecule has 0 aliphatic heterocycles. The van der Waals surface area contributed by atoms with Gasteiger partial charge in [0.15, 0.2) is 10.9 Å². The second-order valence-electron chi connectivity index (χ2n) is 4.70. The van der Waals surface area contributed by atoms with Gasteiger partial charge in [-0.2, -0.15) is 0 Å². The molecule has 0 atom stereocenters. The molecule has 2 N–H and O–H groups in total. The van der Waals surface area contributed by atoms with Gasteiger partial charge in [-0.3, -0.25) is 10.1 Å². The maximum atomic E-state index is 12.0. The molecule has 0 fully saturated rings. The zero-order valence-electron chi connectivity index (χ0n) is 12.4. The van der Waals surface area contributed by atoms with Gasteiger partial charge in [0, 0.05) is 19.8 Å². The summed E-state index contributed by atoms with van der Waals surface area (Å²) < 4.78 is 30.0. The van der Waals surface area contributed by atoms with Crippen molar-refractivity contribution < 1.29 is 17.6 Å². The van der Waals surface area contributed by atoms with Crippen LogP contribution in [0.3, 0.4) is 0 Å². The van der Waals surface area contributed by atoms with E-state index in [0.717, 1.165) is 4.31 Å². The van der Waals surface area contributed by atoms with Crippen LogP contribution in [0.2, 0.25) is 0 Å². The molecule has 0 saturated carbocycles. The third-order valence-electron chi connectivity index (χ3n) is 2.86. The lowest BCUT2D eigenvalue weighted by atomic mass is 10.3. The maximum absolute atomic E-state index is 12.0. The number of hydrogen-bond acceptors (Lipinski definition) is 5. The van der Waals surface area contributed by atoms with E-state index >= 15 is 0 Å². The molecule has 23 heavy (non-hydrogen) atoms. The highest BCUT2D eigenvalue weighted by atomic mass is 32.2. The minimum Gasteiger partial charge on any atom is -0.459 e. The second-order valence-corrected chi connectivity index (χ2v) is 7.26. The normalized spacial score (nSPS) is 11.3. The molecule has 0 unspecified atom stereocenters. The van der Waals surface area contributed by atoms with E-state index in [1.807, 2.05) is 0 Å². The molecule has 0 aliphatic carbocycles. The summed E-state index contributed by atoms with van der Waals surface area (Å²) in [6, 6.07) is 9.13. The third-order valence-corrected chi connectivity index (χ3v) is 4.90. The molecule has 1 heterocycles. The number of thiocarbonyl (C=S) groups is 1. The zero-order chi connectivity index (χ0) is 17.0. The SMILES string of the molecule is CN(C)S(=O)(=O)c1ccc(NC(=S)NC(=O)c2ccco2)cc1. The van der Waals surface area contributed by atoms with Gasteiger partial charge in [-0.05, 0) is 48.6 Å². The lowest BCUT2D eigenvalue weighted by Gasteiger charge is -2.12. The molecular weight excluding hydrogens is 338 g/mol. The molecule has 0 aliphatic rings. The van der Waals surface area contributed by atoms with Crippen molar-refractivity contribution >= 4 is 38.9 Å². The molecular formula is C14H15N3O4S2. The van der Waals surface area contributed by atoms with Gasteiger partial charge in [-0.1, -0.05) is 0 Å². The number of amides is 1. The molecule has 0 radical (unpaired) electrons. The number of hydrogen-bond donors (Lipinski definition) is 2. The average Bonchev–Trinajstić information content (AvgIpc) is 3.01. The minimum absolute atomic E-state index is 0.0783. The summed E-state index contributed by atoms with van der Waals surface area (Å²) in [5.41, 5.74) is 0.549. The quantitative estimate of drug-likeness (QED) is 0.812. The Hall–Kier alpha value is -2.23. The number of carbonyl (C=O) groups is 1. The Kier molecular flexibility index (Phi) is 5.14. The first-order valence-electron chi connectivity index (χ1n) is 6.49. The average molecular weight is 353 g/mol. The molecule has 0 saturated heterocycles. The highest BCUT2D eigenvalue weighted by molar-refractivity contribution is 7.89. The smallest absolute Gasteiger partial charge is 0.293 e. The van der Waals surface area contributed by atoms with Crippen molar-refractivity contribution in [2.24, 2.45) is 0 Å². The van der Waals surface area contributed by atoms with Gasteiger partial charge in [0.1, 0.15) is 0 Å². The van der Waals surface area contributed by atoms with E-state index in [0.29, 0.717) is 5.69 Å². The number of nitrogens with one attached hydrogen (secondary N) is 2. The van der Waals surface area contributed by atoms with E-state index in [2.05, 4.69) is 10.6 Å². The van der Waals surface area contributed by atoms with Crippen LogP contribution in [0.1, 0.15) is 10.6 Å². The number of sulfonamides is 1. The maximum Gasteiger partial charge on any atom is 0.293 e. The zero-order valence-corrected chi connectivity index (χ0v) is 14.1. The Morgan fingerprint density at radius 2 is 1.83 bits per heavy atom. The lowest BCUT2D eigenvalue weighted by molar-refractivity contribution is 0.0950.